The Morgan fingerprint density at radius 2 is 2.14 bits per heavy atom. The van der Waals surface area contributed by atoms with E-state index in [0.29, 0.717) is 6.54 Å². The van der Waals surface area contributed by atoms with Gasteiger partial charge < -0.3 is 15.4 Å². The van der Waals surface area contributed by atoms with Crippen LogP contribution in [0.2, 0.25) is 0 Å². The second-order valence-corrected chi connectivity index (χ2v) is 3.52. The van der Waals surface area contributed by atoms with E-state index in [1.807, 2.05) is 0 Å². The fourth-order valence-electron chi connectivity index (χ4n) is 1.73. The Morgan fingerprint density at radius 3 is 2.57 bits per heavy atom. The summed E-state index contributed by atoms with van der Waals surface area (Å²) in [6, 6.07) is -0.186. The second-order valence-electron chi connectivity index (χ2n) is 3.52. The van der Waals surface area contributed by atoms with Crippen molar-refractivity contribution in [2.24, 2.45) is 0 Å². The van der Waals surface area contributed by atoms with Crippen molar-refractivity contribution in [2.75, 3.05) is 19.6 Å². The molecule has 7 heteroatoms. The van der Waals surface area contributed by atoms with Crippen molar-refractivity contribution in [1.29, 1.82) is 0 Å². The number of esters is 1. The van der Waals surface area contributed by atoms with Crippen molar-refractivity contribution >= 4 is 5.97 Å². The highest BCUT2D eigenvalue weighted by Crippen LogP contribution is 2.30. The first-order valence-corrected chi connectivity index (χ1v) is 4.18. The first-order valence-electron chi connectivity index (χ1n) is 4.18. The number of hydrogen-bond donors (Lipinski definition) is 2. The van der Waals surface area contributed by atoms with Gasteiger partial charge in [0.05, 0.1) is 6.04 Å². The average molecular weight is 210 g/mol. The van der Waals surface area contributed by atoms with Crippen molar-refractivity contribution in [3.63, 3.8) is 0 Å². The van der Waals surface area contributed by atoms with E-state index >= 15 is 0 Å². The van der Waals surface area contributed by atoms with E-state index in [1.165, 1.54) is 0 Å². The lowest BCUT2D eigenvalue weighted by Crippen LogP contribution is -2.69. The molecule has 2 unspecified atom stereocenters. The molecule has 0 amide bonds. The maximum Gasteiger partial charge on any atom is 0.490 e. The Morgan fingerprint density at radius 1 is 1.43 bits per heavy atom. The Hall–Kier alpha value is -0.820. The zero-order valence-electron chi connectivity index (χ0n) is 7.15. The highest BCUT2D eigenvalue weighted by atomic mass is 19.4. The number of carbonyl (C=O) groups excluding carboxylic acids is 1. The first-order chi connectivity index (χ1) is 6.44. The molecule has 0 aromatic carbocycles. The van der Waals surface area contributed by atoms with Crippen LogP contribution in [0.1, 0.15) is 0 Å². The summed E-state index contributed by atoms with van der Waals surface area (Å²) >= 11 is 0. The molecule has 2 atom stereocenters. The van der Waals surface area contributed by atoms with Crippen LogP contribution in [0, 0.1) is 0 Å². The Balaban J connectivity index is 2.01. The van der Waals surface area contributed by atoms with Crippen molar-refractivity contribution in [3.8, 4) is 0 Å². The zero-order chi connectivity index (χ0) is 10.4. The molecule has 2 rings (SSSR count). The predicted octanol–water partition coefficient (Wildman–Crippen LogP) is -0.594. The van der Waals surface area contributed by atoms with Crippen molar-refractivity contribution < 1.29 is 22.7 Å². The molecular formula is C7H9F3N2O2. The van der Waals surface area contributed by atoms with Crippen LogP contribution in [0.4, 0.5) is 13.2 Å². The van der Waals surface area contributed by atoms with Gasteiger partial charge in [0.1, 0.15) is 0 Å². The van der Waals surface area contributed by atoms with Crippen LogP contribution in [-0.4, -0.2) is 43.4 Å². The SMILES string of the molecule is O=C(OC12CNCC1NC2)C(F)(F)F. The van der Waals surface area contributed by atoms with Gasteiger partial charge in [-0.15, -0.1) is 0 Å². The number of halogens is 3. The Labute approximate surface area is 77.8 Å². The third-order valence-electron chi connectivity index (χ3n) is 2.58. The van der Waals surface area contributed by atoms with Crippen molar-refractivity contribution in [3.05, 3.63) is 0 Å². The van der Waals surface area contributed by atoms with E-state index in [0.717, 1.165) is 0 Å². The standard InChI is InChI=1S/C7H9F3N2O2/c8-7(9,10)5(13)14-6-2-11-1-4(6)12-3-6/h4,11-12H,1-3H2. The number of fused-ring (bicyclic) bond motifs is 1. The summed E-state index contributed by atoms with van der Waals surface area (Å²) in [4.78, 5) is 10.6. The van der Waals surface area contributed by atoms with Gasteiger partial charge in [-0.05, 0) is 0 Å². The van der Waals surface area contributed by atoms with E-state index < -0.39 is 17.7 Å². The van der Waals surface area contributed by atoms with E-state index in [9.17, 15) is 18.0 Å². The number of hydrogen-bond acceptors (Lipinski definition) is 4. The molecule has 0 bridgehead atoms. The maximum absolute atomic E-state index is 11.9. The van der Waals surface area contributed by atoms with Gasteiger partial charge in [0.2, 0.25) is 0 Å². The monoisotopic (exact) mass is 210 g/mol. The number of alkyl halides is 3. The largest absolute Gasteiger partial charge is 0.490 e. The van der Waals surface area contributed by atoms with Gasteiger partial charge in [-0.25, -0.2) is 4.79 Å². The lowest BCUT2D eigenvalue weighted by Gasteiger charge is -2.43. The molecule has 2 saturated heterocycles. The van der Waals surface area contributed by atoms with Gasteiger partial charge in [-0.1, -0.05) is 0 Å². The fourth-order valence-corrected chi connectivity index (χ4v) is 1.73. The minimum absolute atomic E-state index is 0.186. The summed E-state index contributed by atoms with van der Waals surface area (Å²) in [6.45, 7) is 1.10. The predicted molar refractivity (Wildman–Crippen MR) is 39.5 cm³/mol. The van der Waals surface area contributed by atoms with E-state index in [2.05, 4.69) is 15.4 Å². The van der Waals surface area contributed by atoms with Gasteiger partial charge in [0, 0.05) is 19.6 Å². The summed E-state index contributed by atoms with van der Waals surface area (Å²) in [5.41, 5.74) is -0.980. The normalized spacial score (nSPS) is 36.1. The van der Waals surface area contributed by atoms with Gasteiger partial charge in [-0.2, -0.15) is 13.2 Å². The quantitative estimate of drug-likeness (QED) is 0.568. The van der Waals surface area contributed by atoms with E-state index in [1.54, 1.807) is 0 Å². The van der Waals surface area contributed by atoms with E-state index in [4.69, 9.17) is 0 Å². The van der Waals surface area contributed by atoms with Crippen LogP contribution >= 0.6 is 0 Å². The molecule has 0 saturated carbocycles. The third kappa shape index (κ3) is 1.36. The van der Waals surface area contributed by atoms with E-state index in [-0.39, 0.29) is 19.1 Å². The van der Waals surface area contributed by atoms with Gasteiger partial charge >= 0.3 is 12.1 Å². The molecule has 4 nitrogen and oxygen atoms in total. The number of carbonyl (C=O) groups is 1. The molecule has 80 valence electrons. The lowest BCUT2D eigenvalue weighted by molar-refractivity contribution is -0.219. The highest BCUT2D eigenvalue weighted by molar-refractivity contribution is 5.76. The van der Waals surface area contributed by atoms with Crippen LogP contribution in [0.15, 0.2) is 0 Å². The zero-order valence-corrected chi connectivity index (χ0v) is 7.15. The molecule has 2 aliphatic rings. The van der Waals surface area contributed by atoms with Gasteiger partial charge in [-0.3, -0.25) is 0 Å². The molecule has 0 aromatic heterocycles. The highest BCUT2D eigenvalue weighted by Gasteiger charge is 2.56. The first kappa shape index (κ1) is 9.72. The van der Waals surface area contributed by atoms with Crippen molar-refractivity contribution in [2.45, 2.75) is 17.8 Å². The second kappa shape index (κ2) is 2.83. The minimum atomic E-state index is -4.91. The molecule has 0 aromatic rings. The molecule has 2 N–H and O–H groups in total. The van der Waals surface area contributed by atoms with Crippen LogP contribution in [0.3, 0.4) is 0 Å². The molecule has 2 fully saturated rings. The molecule has 2 heterocycles. The van der Waals surface area contributed by atoms with Crippen LogP contribution in [0.5, 0.6) is 0 Å². The average Bonchev–Trinajstić information content (AvgIpc) is 2.29. The minimum Gasteiger partial charge on any atom is -0.448 e. The summed E-state index contributed by atoms with van der Waals surface area (Å²) in [6.07, 6.45) is -4.91. The fraction of sp³-hybridized carbons (Fsp3) is 0.857. The summed E-state index contributed by atoms with van der Waals surface area (Å²) in [5.74, 6) is -2.10. The van der Waals surface area contributed by atoms with Gasteiger partial charge in [0.25, 0.3) is 0 Å². The maximum atomic E-state index is 11.9. The number of nitrogens with one attached hydrogen (secondary N) is 2. The van der Waals surface area contributed by atoms with Crippen LogP contribution in [-0.2, 0) is 9.53 Å². The molecule has 0 spiro atoms. The van der Waals surface area contributed by atoms with Crippen LogP contribution in [0.25, 0.3) is 0 Å². The van der Waals surface area contributed by atoms with Crippen LogP contribution < -0.4 is 10.6 Å². The third-order valence-corrected chi connectivity index (χ3v) is 2.58. The molecule has 14 heavy (non-hydrogen) atoms. The summed E-state index contributed by atoms with van der Waals surface area (Å²) in [5, 5.41) is 5.77. The molecular weight excluding hydrogens is 201 g/mol. The Bertz CT molecular complexity index is 268. The summed E-state index contributed by atoms with van der Waals surface area (Å²) in [7, 11) is 0. The van der Waals surface area contributed by atoms with Crippen molar-refractivity contribution in [1.82, 2.24) is 10.6 Å². The lowest BCUT2D eigenvalue weighted by atomic mass is 9.89. The smallest absolute Gasteiger partial charge is 0.448 e. The van der Waals surface area contributed by atoms with Gasteiger partial charge in [0.15, 0.2) is 5.60 Å². The topological polar surface area (TPSA) is 50.4 Å². The Kier molecular flexibility index (Phi) is 1.97. The molecule has 0 radical (unpaired) electrons. The molecule has 2 aliphatic heterocycles. The molecule has 0 aliphatic carbocycles. The summed E-state index contributed by atoms with van der Waals surface area (Å²) < 4.78 is 40.2. The number of ether oxygens (including phenoxy) is 1. The number of rotatable bonds is 1.